The quantitative estimate of drug-likeness (QED) is 0.445. The molecule has 1 aliphatic heterocycles. The average Bonchev–Trinajstić information content (AvgIpc) is 3.25. The van der Waals surface area contributed by atoms with E-state index in [2.05, 4.69) is 4.99 Å². The number of carbonyl (C=O) groups is 2. The van der Waals surface area contributed by atoms with Crippen LogP contribution in [0.5, 0.6) is 17.2 Å². The van der Waals surface area contributed by atoms with Crippen molar-refractivity contribution in [2.24, 2.45) is 4.99 Å². The largest absolute Gasteiger partial charge is 0.493 e. The molecular weight excluding hydrogens is 515 g/mol. The lowest BCUT2D eigenvalue weighted by molar-refractivity contribution is -0.196. The molecule has 2 atom stereocenters. The third-order valence-electron chi connectivity index (χ3n) is 6.36. The minimum Gasteiger partial charge on any atom is -0.493 e. The predicted molar refractivity (Wildman–Crippen MR) is 137 cm³/mol. The summed E-state index contributed by atoms with van der Waals surface area (Å²) in [6.07, 6.45) is -5.29. The molecule has 2 amide bonds. The predicted octanol–water partition coefficient (Wildman–Crippen LogP) is 4.75. The van der Waals surface area contributed by atoms with Crippen molar-refractivity contribution >= 4 is 17.6 Å². The van der Waals surface area contributed by atoms with Crippen molar-refractivity contribution in [3.8, 4) is 17.2 Å². The van der Waals surface area contributed by atoms with Gasteiger partial charge in [-0.15, -0.1) is 0 Å². The summed E-state index contributed by atoms with van der Waals surface area (Å²) in [5.41, 5.74) is -2.98. The Hall–Kier alpha value is -4.54. The first kappa shape index (κ1) is 27.5. The second-order valence-electron chi connectivity index (χ2n) is 8.64. The Morgan fingerprint density at radius 3 is 1.95 bits per heavy atom. The molecule has 204 valence electrons. The first-order chi connectivity index (χ1) is 18.6. The van der Waals surface area contributed by atoms with Crippen LogP contribution in [0.2, 0.25) is 0 Å². The normalized spacial score (nSPS) is 17.9. The molecule has 1 aliphatic rings. The number of carbonyl (C=O) groups excluding carboxylic acids is 2. The number of nitrogens with zero attached hydrogens (tertiary/aromatic N) is 2. The molecule has 8 nitrogen and oxygen atoms in total. The van der Waals surface area contributed by atoms with Crippen molar-refractivity contribution in [3.63, 3.8) is 0 Å². The van der Waals surface area contributed by atoms with Crippen LogP contribution >= 0.6 is 0 Å². The summed E-state index contributed by atoms with van der Waals surface area (Å²) in [4.78, 5) is 32.0. The third kappa shape index (κ3) is 4.87. The van der Waals surface area contributed by atoms with Crippen LogP contribution in [0.3, 0.4) is 0 Å². The maximum atomic E-state index is 14.8. The number of amidine groups is 1. The van der Waals surface area contributed by atoms with E-state index in [1.807, 2.05) is 5.32 Å². The van der Waals surface area contributed by atoms with E-state index in [1.54, 1.807) is 67.6 Å². The molecule has 0 spiro atoms. The van der Waals surface area contributed by atoms with Gasteiger partial charge >= 0.3 is 11.8 Å². The van der Waals surface area contributed by atoms with Gasteiger partial charge in [0.1, 0.15) is 5.84 Å². The van der Waals surface area contributed by atoms with Gasteiger partial charge in [-0.25, -0.2) is 4.99 Å². The number of amides is 2. The maximum Gasteiger partial charge on any atom is 0.442 e. The van der Waals surface area contributed by atoms with Crippen molar-refractivity contribution in [3.05, 3.63) is 89.5 Å². The van der Waals surface area contributed by atoms with Crippen molar-refractivity contribution in [1.82, 2.24) is 10.2 Å². The number of benzene rings is 3. The van der Waals surface area contributed by atoms with Gasteiger partial charge in [0.2, 0.25) is 5.75 Å². The smallest absolute Gasteiger partial charge is 0.442 e. The Morgan fingerprint density at radius 2 is 1.46 bits per heavy atom. The van der Waals surface area contributed by atoms with Gasteiger partial charge in [-0.3, -0.25) is 14.5 Å². The highest BCUT2D eigenvalue weighted by molar-refractivity contribution is 6.17. The number of hydrogen-bond acceptors (Lipinski definition) is 6. The van der Waals surface area contributed by atoms with Gasteiger partial charge in [-0.1, -0.05) is 60.7 Å². The number of alkyl halides is 3. The number of nitrogens with one attached hydrogen (secondary N) is 1. The number of aliphatic imine (C=N–C) groups is 1. The standard InChI is InChI=1S/C28H26F3N3O5/c1-17(18-11-7-5-8-12-18)34-24(19-13-9-6-10-14-19)32-27(26(34)36,28(29,30)31)33-25(35)20-15-21(37-2)23(39-4)22(16-20)38-3/h5-17H,1-4H3,(H,33,35). The maximum absolute atomic E-state index is 14.8. The van der Waals surface area contributed by atoms with Crippen LogP contribution in [0, 0.1) is 0 Å². The molecule has 0 saturated heterocycles. The van der Waals surface area contributed by atoms with E-state index in [-0.39, 0.29) is 34.2 Å². The zero-order valence-corrected chi connectivity index (χ0v) is 21.6. The molecule has 1 N–H and O–H groups in total. The minimum absolute atomic E-state index is 0.0496. The van der Waals surface area contributed by atoms with Gasteiger partial charge in [0.05, 0.1) is 27.4 Å². The van der Waals surface area contributed by atoms with E-state index in [0.717, 1.165) is 4.90 Å². The van der Waals surface area contributed by atoms with E-state index in [9.17, 15) is 22.8 Å². The van der Waals surface area contributed by atoms with E-state index >= 15 is 0 Å². The summed E-state index contributed by atoms with van der Waals surface area (Å²) in [5.74, 6) is -2.63. The molecule has 11 heteroatoms. The van der Waals surface area contributed by atoms with Crippen molar-refractivity contribution < 1.29 is 37.0 Å². The van der Waals surface area contributed by atoms with Gasteiger partial charge in [0.15, 0.2) is 11.5 Å². The monoisotopic (exact) mass is 541 g/mol. The zero-order valence-electron chi connectivity index (χ0n) is 21.6. The summed E-state index contributed by atoms with van der Waals surface area (Å²) in [6.45, 7) is 1.60. The van der Waals surface area contributed by atoms with Gasteiger partial charge in [0.25, 0.3) is 11.8 Å². The SMILES string of the molecule is COc1cc(C(=O)NC2(C(F)(F)F)N=C(c3ccccc3)N(C(C)c3ccccc3)C2=O)cc(OC)c1OC. The molecule has 3 aromatic rings. The number of ether oxygens (including phenoxy) is 3. The number of rotatable bonds is 8. The van der Waals surface area contributed by atoms with Crippen molar-refractivity contribution in [2.75, 3.05) is 21.3 Å². The zero-order chi connectivity index (χ0) is 28.4. The van der Waals surface area contributed by atoms with E-state index in [4.69, 9.17) is 14.2 Å². The van der Waals surface area contributed by atoms with Crippen molar-refractivity contribution in [1.29, 1.82) is 0 Å². The van der Waals surface area contributed by atoms with Crippen LogP contribution in [-0.4, -0.2) is 55.7 Å². The molecule has 0 bridgehead atoms. The van der Waals surface area contributed by atoms with Crippen molar-refractivity contribution in [2.45, 2.75) is 24.8 Å². The lowest BCUT2D eigenvalue weighted by Crippen LogP contribution is -2.63. The molecule has 0 saturated carbocycles. The summed E-state index contributed by atoms with van der Waals surface area (Å²) in [6, 6.07) is 18.1. The van der Waals surface area contributed by atoms with Gasteiger partial charge in [-0.05, 0) is 24.6 Å². The number of hydrogen-bond donors (Lipinski definition) is 1. The molecule has 0 fully saturated rings. The molecule has 0 aliphatic carbocycles. The highest BCUT2D eigenvalue weighted by Crippen LogP contribution is 2.42. The Bertz CT molecular complexity index is 1370. The topological polar surface area (TPSA) is 89.5 Å². The van der Waals surface area contributed by atoms with Gasteiger partial charge < -0.3 is 19.5 Å². The minimum atomic E-state index is -5.29. The summed E-state index contributed by atoms with van der Waals surface area (Å²) >= 11 is 0. The van der Waals surface area contributed by atoms with E-state index < -0.39 is 29.7 Å². The van der Waals surface area contributed by atoms with Crippen LogP contribution in [0.4, 0.5) is 13.2 Å². The Labute approximate surface area is 223 Å². The molecule has 39 heavy (non-hydrogen) atoms. The molecule has 2 unspecified atom stereocenters. The highest BCUT2D eigenvalue weighted by atomic mass is 19.4. The molecule has 0 aromatic heterocycles. The number of methoxy groups -OCH3 is 3. The lowest BCUT2D eigenvalue weighted by atomic mass is 10.0. The lowest BCUT2D eigenvalue weighted by Gasteiger charge is -2.31. The Kier molecular flexibility index (Phi) is 7.53. The van der Waals surface area contributed by atoms with Crippen LogP contribution in [-0.2, 0) is 4.79 Å². The van der Waals surface area contributed by atoms with E-state index in [0.29, 0.717) is 5.56 Å². The molecule has 4 rings (SSSR count). The first-order valence-corrected chi connectivity index (χ1v) is 11.8. The molecular formula is C28H26F3N3O5. The van der Waals surface area contributed by atoms with Crippen LogP contribution in [0.15, 0.2) is 77.8 Å². The number of halogens is 3. The first-order valence-electron chi connectivity index (χ1n) is 11.8. The van der Waals surface area contributed by atoms with Gasteiger partial charge in [0, 0.05) is 11.1 Å². The fourth-order valence-corrected chi connectivity index (χ4v) is 4.35. The van der Waals surface area contributed by atoms with Crippen LogP contribution in [0.1, 0.15) is 34.5 Å². The second kappa shape index (κ2) is 10.7. The molecule has 1 heterocycles. The highest BCUT2D eigenvalue weighted by Gasteiger charge is 2.67. The molecule has 0 radical (unpaired) electrons. The summed E-state index contributed by atoms with van der Waals surface area (Å²) in [5, 5.41) is 1.88. The van der Waals surface area contributed by atoms with Gasteiger partial charge in [-0.2, -0.15) is 13.2 Å². The Morgan fingerprint density at radius 1 is 0.923 bits per heavy atom. The van der Waals surface area contributed by atoms with E-state index in [1.165, 1.54) is 33.5 Å². The summed E-state index contributed by atoms with van der Waals surface area (Å²) in [7, 11) is 3.95. The van der Waals surface area contributed by atoms with Crippen LogP contribution < -0.4 is 19.5 Å². The Balaban J connectivity index is 1.85. The summed E-state index contributed by atoms with van der Waals surface area (Å²) < 4.78 is 60.2. The fraction of sp³-hybridized carbons (Fsp3) is 0.250. The third-order valence-corrected chi connectivity index (χ3v) is 6.36. The second-order valence-corrected chi connectivity index (χ2v) is 8.64. The van der Waals surface area contributed by atoms with Crippen LogP contribution in [0.25, 0.3) is 0 Å². The molecule has 3 aromatic carbocycles. The average molecular weight is 542 g/mol. The fourth-order valence-electron chi connectivity index (χ4n) is 4.35.